The van der Waals surface area contributed by atoms with Crippen molar-refractivity contribution < 1.29 is 8.42 Å². The van der Waals surface area contributed by atoms with Crippen molar-refractivity contribution in [1.29, 1.82) is 0 Å². The number of fused-ring (bicyclic) bond motifs is 1. The summed E-state index contributed by atoms with van der Waals surface area (Å²) >= 11 is 6.02. The first-order valence-electron chi connectivity index (χ1n) is 9.00. The van der Waals surface area contributed by atoms with E-state index in [9.17, 15) is 8.42 Å². The minimum absolute atomic E-state index is 0.100. The second kappa shape index (κ2) is 7.50. The molecule has 0 saturated carbocycles. The van der Waals surface area contributed by atoms with Crippen molar-refractivity contribution in [1.82, 2.24) is 14.6 Å². The molecule has 0 radical (unpaired) electrons. The molecule has 0 N–H and O–H groups in total. The Labute approximate surface area is 174 Å². The van der Waals surface area contributed by atoms with E-state index in [1.807, 2.05) is 31.2 Å². The van der Waals surface area contributed by atoms with Crippen LogP contribution in [0.3, 0.4) is 0 Å². The lowest BCUT2D eigenvalue weighted by molar-refractivity contribution is 0.590. The highest BCUT2D eigenvalue weighted by atomic mass is 35.5. The molecule has 6 nitrogen and oxygen atoms in total. The number of sulfonamides is 1. The zero-order chi connectivity index (χ0) is 20.6. The molecule has 0 bridgehead atoms. The first-order chi connectivity index (χ1) is 13.9. The van der Waals surface area contributed by atoms with Gasteiger partial charge < -0.3 is 0 Å². The molecule has 148 valence electrons. The molecular formula is C21H19ClN4O2S. The Bertz CT molecular complexity index is 1280. The van der Waals surface area contributed by atoms with Crippen LogP contribution < -0.4 is 4.31 Å². The van der Waals surface area contributed by atoms with Crippen molar-refractivity contribution in [2.45, 2.75) is 25.3 Å². The molecule has 0 atom stereocenters. The Kier molecular flexibility index (Phi) is 5.02. The van der Waals surface area contributed by atoms with Gasteiger partial charge in [-0.15, -0.1) is 10.2 Å². The minimum atomic E-state index is -3.92. The predicted octanol–water partition coefficient (Wildman–Crippen LogP) is 4.40. The van der Waals surface area contributed by atoms with Crippen LogP contribution in [-0.2, 0) is 16.6 Å². The molecule has 0 fully saturated rings. The normalized spacial score (nSPS) is 11.7. The highest BCUT2D eigenvalue weighted by molar-refractivity contribution is 7.93. The molecule has 0 spiro atoms. The molecule has 29 heavy (non-hydrogen) atoms. The van der Waals surface area contributed by atoms with Crippen LogP contribution in [0, 0.1) is 13.8 Å². The summed E-state index contributed by atoms with van der Waals surface area (Å²) in [6.07, 6.45) is 1.75. The molecule has 0 unspecified atom stereocenters. The van der Waals surface area contributed by atoms with Crippen molar-refractivity contribution in [3.8, 4) is 0 Å². The molecule has 4 aromatic rings. The fraction of sp³-hybridized carbons (Fsp3) is 0.143. The van der Waals surface area contributed by atoms with E-state index >= 15 is 0 Å². The molecule has 8 heteroatoms. The quantitative estimate of drug-likeness (QED) is 0.474. The zero-order valence-corrected chi connectivity index (χ0v) is 17.5. The van der Waals surface area contributed by atoms with Crippen LogP contribution in [0.15, 0.2) is 71.8 Å². The second-order valence-corrected chi connectivity index (χ2v) is 9.06. The summed E-state index contributed by atoms with van der Waals surface area (Å²) in [6.45, 7) is 3.93. The summed E-state index contributed by atoms with van der Waals surface area (Å²) < 4.78 is 30.5. The van der Waals surface area contributed by atoms with Gasteiger partial charge in [0, 0.05) is 11.2 Å². The van der Waals surface area contributed by atoms with E-state index in [1.165, 1.54) is 4.31 Å². The predicted molar refractivity (Wildman–Crippen MR) is 114 cm³/mol. The van der Waals surface area contributed by atoms with Gasteiger partial charge in [0.25, 0.3) is 10.0 Å². The number of aromatic nitrogens is 3. The lowest BCUT2D eigenvalue weighted by atomic mass is 10.1. The second-order valence-electron chi connectivity index (χ2n) is 6.79. The molecule has 2 heterocycles. The van der Waals surface area contributed by atoms with E-state index in [0.29, 0.717) is 22.2 Å². The van der Waals surface area contributed by atoms with Crippen LogP contribution in [0.4, 0.5) is 5.69 Å². The van der Waals surface area contributed by atoms with Gasteiger partial charge in [0.15, 0.2) is 5.65 Å². The van der Waals surface area contributed by atoms with Gasteiger partial charge in [-0.2, -0.15) is 0 Å². The van der Waals surface area contributed by atoms with Crippen molar-refractivity contribution in [2.24, 2.45) is 0 Å². The van der Waals surface area contributed by atoms with Crippen LogP contribution in [0.5, 0.6) is 0 Å². The molecule has 0 aliphatic heterocycles. The molecule has 2 aromatic carbocycles. The van der Waals surface area contributed by atoms with Crippen LogP contribution in [0.25, 0.3) is 5.65 Å². The maximum Gasteiger partial charge on any atom is 0.268 e. The number of halogens is 1. The Hall–Kier alpha value is -2.90. The summed E-state index contributed by atoms with van der Waals surface area (Å²) in [6, 6.07) is 17.8. The van der Waals surface area contributed by atoms with Crippen molar-refractivity contribution in [2.75, 3.05) is 4.31 Å². The first-order valence-corrected chi connectivity index (χ1v) is 10.8. The average molecular weight is 427 g/mol. The fourth-order valence-electron chi connectivity index (χ4n) is 3.23. The van der Waals surface area contributed by atoms with E-state index in [1.54, 1.807) is 53.9 Å². The largest absolute Gasteiger partial charge is 0.286 e. The average Bonchev–Trinajstić information content (AvgIpc) is 3.08. The Morgan fingerprint density at radius 2 is 1.76 bits per heavy atom. The minimum Gasteiger partial charge on any atom is -0.286 e. The zero-order valence-electron chi connectivity index (χ0n) is 15.9. The lowest BCUT2D eigenvalue weighted by Gasteiger charge is -2.25. The molecular weight excluding hydrogens is 408 g/mol. The SMILES string of the molecule is Cc1cccc(CN(c2ccc(Cl)cc2)S(=O)(=O)c2cccn3c(C)nnc23)c1. The Morgan fingerprint density at radius 1 is 1.00 bits per heavy atom. The first kappa shape index (κ1) is 19.4. The number of rotatable bonds is 5. The highest BCUT2D eigenvalue weighted by Crippen LogP contribution is 2.29. The maximum absolute atomic E-state index is 13.7. The van der Waals surface area contributed by atoms with E-state index in [4.69, 9.17) is 11.6 Å². The third-order valence-electron chi connectivity index (χ3n) is 4.66. The van der Waals surface area contributed by atoms with E-state index in [2.05, 4.69) is 10.2 Å². The molecule has 0 aliphatic carbocycles. The molecule has 0 saturated heterocycles. The number of anilines is 1. The van der Waals surface area contributed by atoms with Crippen LogP contribution in [-0.4, -0.2) is 23.0 Å². The Balaban J connectivity index is 1.87. The topological polar surface area (TPSA) is 67.6 Å². The highest BCUT2D eigenvalue weighted by Gasteiger charge is 2.28. The van der Waals surface area contributed by atoms with E-state index in [0.717, 1.165) is 11.1 Å². The van der Waals surface area contributed by atoms with Crippen molar-refractivity contribution in [3.63, 3.8) is 0 Å². The fourth-order valence-corrected chi connectivity index (χ4v) is 4.93. The van der Waals surface area contributed by atoms with Crippen LogP contribution in [0.1, 0.15) is 17.0 Å². The summed E-state index contributed by atoms with van der Waals surface area (Å²) in [7, 11) is -3.92. The van der Waals surface area contributed by atoms with Gasteiger partial charge in [-0.05, 0) is 55.8 Å². The van der Waals surface area contributed by atoms with E-state index in [-0.39, 0.29) is 11.4 Å². The van der Waals surface area contributed by atoms with Crippen LogP contribution in [0.2, 0.25) is 5.02 Å². The number of hydrogen-bond donors (Lipinski definition) is 0. The molecule has 4 rings (SSSR count). The number of aryl methyl sites for hydroxylation is 2. The van der Waals surface area contributed by atoms with Gasteiger partial charge >= 0.3 is 0 Å². The number of nitrogens with zero attached hydrogens (tertiary/aromatic N) is 4. The third kappa shape index (κ3) is 3.71. The van der Waals surface area contributed by atoms with Crippen molar-refractivity contribution >= 4 is 33.0 Å². The lowest BCUT2D eigenvalue weighted by Crippen LogP contribution is -2.31. The Morgan fingerprint density at radius 3 is 2.48 bits per heavy atom. The molecule has 0 amide bonds. The van der Waals surface area contributed by atoms with Crippen LogP contribution >= 0.6 is 11.6 Å². The van der Waals surface area contributed by atoms with Gasteiger partial charge in [-0.25, -0.2) is 8.42 Å². The third-order valence-corrected chi connectivity index (χ3v) is 6.71. The van der Waals surface area contributed by atoms with Gasteiger partial charge in [0.05, 0.1) is 12.2 Å². The summed E-state index contributed by atoms with van der Waals surface area (Å²) in [5.41, 5.74) is 2.77. The standard InChI is InChI=1S/C21H19ClN4O2S/c1-15-5-3-6-17(13-15)14-26(19-10-8-18(22)9-11-19)29(27,28)20-7-4-12-25-16(2)23-24-21(20)25/h3-13H,14H2,1-2H3. The number of pyridine rings is 1. The van der Waals surface area contributed by atoms with Gasteiger partial charge in [0.2, 0.25) is 0 Å². The summed E-state index contributed by atoms with van der Waals surface area (Å²) in [4.78, 5) is 0.100. The van der Waals surface area contributed by atoms with Crippen molar-refractivity contribution in [3.05, 3.63) is 88.8 Å². The van der Waals surface area contributed by atoms with Gasteiger partial charge in [-0.1, -0.05) is 41.4 Å². The smallest absolute Gasteiger partial charge is 0.268 e. The van der Waals surface area contributed by atoms with Gasteiger partial charge in [-0.3, -0.25) is 8.71 Å². The number of benzene rings is 2. The monoisotopic (exact) mass is 426 g/mol. The maximum atomic E-state index is 13.7. The molecule has 2 aromatic heterocycles. The summed E-state index contributed by atoms with van der Waals surface area (Å²) in [5.74, 6) is 0.619. The van der Waals surface area contributed by atoms with Gasteiger partial charge in [0.1, 0.15) is 10.7 Å². The van der Waals surface area contributed by atoms with E-state index < -0.39 is 10.0 Å². The molecule has 0 aliphatic rings. The number of hydrogen-bond acceptors (Lipinski definition) is 4. The summed E-state index contributed by atoms with van der Waals surface area (Å²) in [5, 5.41) is 8.64.